The highest BCUT2D eigenvalue weighted by Crippen LogP contribution is 2.47. The summed E-state index contributed by atoms with van der Waals surface area (Å²) in [5.74, 6) is 0.824. The number of hydrogen-bond acceptors (Lipinski definition) is 5. The van der Waals surface area contributed by atoms with Crippen molar-refractivity contribution in [3.63, 3.8) is 0 Å². The number of pyridine rings is 1. The van der Waals surface area contributed by atoms with E-state index in [1.165, 1.54) is 11.3 Å². The summed E-state index contributed by atoms with van der Waals surface area (Å²) in [6, 6.07) is 13.1. The number of anilines is 1. The highest BCUT2D eigenvalue weighted by Gasteiger charge is 2.51. The highest BCUT2D eigenvalue weighted by molar-refractivity contribution is 5.58. The molecule has 5 heterocycles. The van der Waals surface area contributed by atoms with Crippen LogP contribution in [0.2, 0.25) is 0 Å². The zero-order chi connectivity index (χ0) is 21.3. The summed E-state index contributed by atoms with van der Waals surface area (Å²) in [6.45, 7) is 7.17. The minimum Gasteiger partial charge on any atom is -0.369 e. The van der Waals surface area contributed by atoms with Gasteiger partial charge in [-0.1, -0.05) is 37.3 Å². The maximum absolute atomic E-state index is 6.41. The minimum atomic E-state index is -0.362. The average molecular weight is 418 g/mol. The van der Waals surface area contributed by atoms with Crippen LogP contribution in [0, 0.1) is 6.92 Å². The van der Waals surface area contributed by atoms with Crippen molar-refractivity contribution in [1.29, 1.82) is 0 Å². The lowest BCUT2D eigenvalue weighted by atomic mass is 9.71. The van der Waals surface area contributed by atoms with Crippen molar-refractivity contribution in [2.24, 2.45) is 5.73 Å². The second kappa shape index (κ2) is 6.53. The van der Waals surface area contributed by atoms with E-state index in [0.29, 0.717) is 6.61 Å². The molecule has 1 saturated carbocycles. The van der Waals surface area contributed by atoms with E-state index in [1.807, 2.05) is 4.52 Å². The Morgan fingerprint density at radius 1 is 1.06 bits per heavy atom. The van der Waals surface area contributed by atoms with Gasteiger partial charge in [0.1, 0.15) is 5.60 Å². The average Bonchev–Trinajstić information content (AvgIpc) is 3.41. The lowest BCUT2D eigenvalue weighted by Gasteiger charge is -2.50. The molecular weight excluding hydrogens is 386 g/mol. The Labute approximate surface area is 183 Å². The van der Waals surface area contributed by atoms with E-state index in [2.05, 4.69) is 61.3 Å². The molecule has 3 saturated heterocycles. The smallest absolute Gasteiger partial charge is 0.183 e. The van der Waals surface area contributed by atoms with Crippen molar-refractivity contribution in [3.05, 3.63) is 59.5 Å². The molecule has 4 aliphatic rings. The number of benzene rings is 1. The molecule has 0 unspecified atom stereocenters. The third kappa shape index (κ3) is 2.99. The normalized spacial score (nSPS) is 32.8. The molecule has 7 rings (SSSR count). The van der Waals surface area contributed by atoms with Gasteiger partial charge in [-0.05, 0) is 56.2 Å². The van der Waals surface area contributed by atoms with E-state index in [-0.39, 0.29) is 16.6 Å². The molecule has 1 atom stereocenters. The number of nitrogens with zero attached hydrogens (tertiary/aromatic N) is 4. The number of ether oxygens (including phenoxy) is 1. The number of fused-ring (bicyclic) bond motifs is 4. The topological polar surface area (TPSA) is 68.7 Å². The Balaban J connectivity index is 1.31. The first-order chi connectivity index (χ1) is 14.9. The molecule has 1 aliphatic carbocycles. The molecule has 0 amide bonds. The standard InChI is InChI=1S/C25H31N5O/c1-18-14-20(29-13-12-23(2,16-29)19-6-4-3-5-7-19)15-30-21(18)27-22(28-30)25-10-8-24(26,9-11-25)17-31-25/h3-7,14-15H,8-13,16-17,26H2,1-2H3/t23-,24?,25?/m0/s1. The van der Waals surface area contributed by atoms with Gasteiger partial charge >= 0.3 is 0 Å². The van der Waals surface area contributed by atoms with Crippen molar-refractivity contribution in [2.45, 2.75) is 62.5 Å². The molecule has 6 nitrogen and oxygen atoms in total. The molecule has 0 spiro atoms. The number of hydrogen-bond donors (Lipinski definition) is 1. The molecule has 6 heteroatoms. The van der Waals surface area contributed by atoms with Crippen molar-refractivity contribution in [2.75, 3.05) is 24.6 Å². The minimum absolute atomic E-state index is 0.148. The van der Waals surface area contributed by atoms with E-state index < -0.39 is 0 Å². The molecule has 162 valence electrons. The van der Waals surface area contributed by atoms with Crippen LogP contribution in [0.5, 0.6) is 0 Å². The fourth-order valence-electron chi connectivity index (χ4n) is 5.77. The summed E-state index contributed by atoms with van der Waals surface area (Å²) in [7, 11) is 0. The molecule has 2 bridgehead atoms. The summed E-state index contributed by atoms with van der Waals surface area (Å²) in [6.07, 6.45) is 7.08. The molecule has 1 aromatic carbocycles. The van der Waals surface area contributed by atoms with E-state index in [1.54, 1.807) is 0 Å². The van der Waals surface area contributed by atoms with Crippen LogP contribution >= 0.6 is 0 Å². The second-order valence-electron chi connectivity index (χ2n) is 10.3. The fraction of sp³-hybridized carbons (Fsp3) is 0.520. The summed E-state index contributed by atoms with van der Waals surface area (Å²) in [5, 5.41) is 4.93. The van der Waals surface area contributed by atoms with Gasteiger partial charge < -0.3 is 15.4 Å². The Morgan fingerprint density at radius 2 is 1.84 bits per heavy atom. The van der Waals surface area contributed by atoms with Crippen LogP contribution in [-0.2, 0) is 15.8 Å². The summed E-state index contributed by atoms with van der Waals surface area (Å²) < 4.78 is 8.22. The van der Waals surface area contributed by atoms with E-state index in [4.69, 9.17) is 20.6 Å². The number of aryl methyl sites for hydroxylation is 1. The second-order valence-corrected chi connectivity index (χ2v) is 10.3. The summed E-state index contributed by atoms with van der Waals surface area (Å²) in [4.78, 5) is 7.42. The number of rotatable bonds is 3. The van der Waals surface area contributed by atoms with Crippen molar-refractivity contribution < 1.29 is 4.74 Å². The molecule has 3 aromatic rings. The third-order valence-corrected chi connectivity index (χ3v) is 8.01. The quantitative estimate of drug-likeness (QED) is 0.704. The van der Waals surface area contributed by atoms with Gasteiger partial charge in [0.15, 0.2) is 11.5 Å². The highest BCUT2D eigenvalue weighted by atomic mass is 16.5. The van der Waals surface area contributed by atoms with E-state index in [9.17, 15) is 0 Å². The zero-order valence-electron chi connectivity index (χ0n) is 18.5. The van der Waals surface area contributed by atoms with Crippen molar-refractivity contribution in [3.8, 4) is 0 Å². The van der Waals surface area contributed by atoms with Gasteiger partial charge in [0, 0.05) is 24.0 Å². The van der Waals surface area contributed by atoms with Gasteiger partial charge in [0.2, 0.25) is 0 Å². The van der Waals surface area contributed by atoms with Crippen LogP contribution in [0.25, 0.3) is 5.65 Å². The van der Waals surface area contributed by atoms with Gasteiger partial charge in [-0.25, -0.2) is 9.50 Å². The van der Waals surface area contributed by atoms with Gasteiger partial charge in [-0.15, -0.1) is 5.10 Å². The predicted octanol–water partition coefficient (Wildman–Crippen LogP) is 3.70. The van der Waals surface area contributed by atoms with Crippen LogP contribution in [0.3, 0.4) is 0 Å². The Kier molecular flexibility index (Phi) is 4.06. The SMILES string of the molecule is Cc1cc(N2CC[C@](C)(c3ccccc3)C2)cn2nc(C34CCC(N)(CC3)CO4)nc12. The lowest BCUT2D eigenvalue weighted by Crippen LogP contribution is -2.58. The maximum Gasteiger partial charge on any atom is 0.183 e. The molecule has 2 N–H and O–H groups in total. The van der Waals surface area contributed by atoms with E-state index >= 15 is 0 Å². The van der Waals surface area contributed by atoms with Crippen molar-refractivity contribution >= 4 is 11.3 Å². The molecule has 4 fully saturated rings. The molecule has 3 aliphatic heterocycles. The largest absolute Gasteiger partial charge is 0.369 e. The summed E-state index contributed by atoms with van der Waals surface area (Å²) >= 11 is 0. The van der Waals surface area contributed by atoms with E-state index in [0.717, 1.165) is 62.2 Å². The molecular formula is C25H31N5O. The van der Waals surface area contributed by atoms with Crippen LogP contribution in [0.1, 0.15) is 56.0 Å². The first-order valence-electron chi connectivity index (χ1n) is 11.5. The predicted molar refractivity (Wildman–Crippen MR) is 121 cm³/mol. The van der Waals surface area contributed by atoms with Gasteiger partial charge in [0.25, 0.3) is 0 Å². The monoisotopic (exact) mass is 417 g/mol. The Morgan fingerprint density at radius 3 is 2.55 bits per heavy atom. The molecule has 2 aromatic heterocycles. The number of aromatic nitrogens is 3. The first kappa shape index (κ1) is 19.3. The Hall–Kier alpha value is -2.44. The maximum atomic E-state index is 6.41. The van der Waals surface area contributed by atoms with Crippen LogP contribution in [-0.4, -0.2) is 39.8 Å². The molecule has 0 radical (unpaired) electrons. The first-order valence-corrected chi connectivity index (χ1v) is 11.5. The van der Waals surface area contributed by atoms with Crippen molar-refractivity contribution in [1.82, 2.24) is 14.6 Å². The fourth-order valence-corrected chi connectivity index (χ4v) is 5.77. The lowest BCUT2D eigenvalue weighted by molar-refractivity contribution is -0.163. The summed E-state index contributed by atoms with van der Waals surface area (Å²) in [5.41, 5.74) is 10.8. The molecule has 31 heavy (non-hydrogen) atoms. The van der Waals surface area contributed by atoms with Gasteiger partial charge in [0.05, 0.1) is 18.5 Å². The van der Waals surface area contributed by atoms with Crippen LogP contribution in [0.4, 0.5) is 5.69 Å². The third-order valence-electron chi connectivity index (χ3n) is 8.01. The van der Waals surface area contributed by atoms with Crippen LogP contribution in [0.15, 0.2) is 42.6 Å². The zero-order valence-corrected chi connectivity index (χ0v) is 18.5. The van der Waals surface area contributed by atoms with Crippen LogP contribution < -0.4 is 10.6 Å². The number of nitrogens with two attached hydrogens (primary N) is 1. The Bertz CT molecular complexity index is 1110. The van der Waals surface area contributed by atoms with Gasteiger partial charge in [-0.3, -0.25) is 0 Å². The van der Waals surface area contributed by atoms with Gasteiger partial charge in [-0.2, -0.15) is 0 Å².